The third kappa shape index (κ3) is 1.97. The Morgan fingerprint density at radius 1 is 1.33 bits per heavy atom. The Balaban J connectivity index is 1.66. The summed E-state index contributed by atoms with van der Waals surface area (Å²) >= 11 is 0. The number of amides is 3. The molecule has 0 aromatic carbocycles. The summed E-state index contributed by atoms with van der Waals surface area (Å²) in [5.41, 5.74) is -0.205. The predicted octanol–water partition coefficient (Wildman–Crippen LogP) is -0.790. The van der Waals surface area contributed by atoms with Gasteiger partial charge in [0.05, 0.1) is 5.41 Å². The van der Waals surface area contributed by atoms with Gasteiger partial charge in [0.1, 0.15) is 5.56 Å². The molecule has 0 unspecified atom stereocenters. The fourth-order valence-electron chi connectivity index (χ4n) is 3.46. The second kappa shape index (κ2) is 4.76. The van der Waals surface area contributed by atoms with Gasteiger partial charge >= 0.3 is 0 Å². The Labute approximate surface area is 135 Å². The first-order chi connectivity index (χ1) is 11.4. The Hall–Kier alpha value is -2.97. The minimum Gasteiger partial charge on any atom is -0.337 e. The van der Waals surface area contributed by atoms with Gasteiger partial charge in [-0.25, -0.2) is 9.50 Å². The fourth-order valence-corrected chi connectivity index (χ4v) is 3.46. The molecule has 2 saturated heterocycles. The van der Waals surface area contributed by atoms with Crippen LogP contribution in [0.15, 0.2) is 17.1 Å². The lowest BCUT2D eigenvalue weighted by atomic mass is 9.85. The highest BCUT2D eigenvalue weighted by Crippen LogP contribution is 2.37. The highest BCUT2D eigenvalue weighted by atomic mass is 16.2. The van der Waals surface area contributed by atoms with Crippen molar-refractivity contribution in [2.45, 2.75) is 19.8 Å². The molecular formula is C15H15N5O4. The molecule has 9 nitrogen and oxygen atoms in total. The van der Waals surface area contributed by atoms with Gasteiger partial charge in [-0.3, -0.25) is 29.6 Å². The van der Waals surface area contributed by atoms with Crippen LogP contribution in [0.1, 0.15) is 28.9 Å². The standard InChI is InChI=1S/C15H15N5O4/c1-8-4-10-16-6-9(13(23)20(10)18-8)12(22)19-3-2-15(7-19)5-11(21)17-14(15)24/h4,6,18H,2-3,5,7H2,1H3,(H,17,21,24)/t15-/m1/s1. The molecule has 2 aromatic heterocycles. The van der Waals surface area contributed by atoms with E-state index in [4.69, 9.17) is 0 Å². The summed E-state index contributed by atoms with van der Waals surface area (Å²) in [5, 5.41) is 5.12. The molecule has 2 aliphatic rings. The molecule has 1 spiro atoms. The van der Waals surface area contributed by atoms with Crippen molar-refractivity contribution in [3.8, 4) is 0 Å². The monoisotopic (exact) mass is 329 g/mol. The highest BCUT2D eigenvalue weighted by molar-refractivity contribution is 6.06. The third-order valence-corrected chi connectivity index (χ3v) is 4.73. The van der Waals surface area contributed by atoms with E-state index in [1.54, 1.807) is 13.0 Å². The first-order valence-electron chi connectivity index (χ1n) is 7.61. The first kappa shape index (κ1) is 14.6. The predicted molar refractivity (Wildman–Crippen MR) is 81.3 cm³/mol. The smallest absolute Gasteiger partial charge is 0.285 e. The van der Waals surface area contributed by atoms with E-state index in [2.05, 4.69) is 15.4 Å². The topological polar surface area (TPSA) is 117 Å². The molecule has 2 fully saturated rings. The van der Waals surface area contributed by atoms with E-state index < -0.39 is 16.9 Å². The average Bonchev–Trinajstić information content (AvgIpc) is 3.18. The van der Waals surface area contributed by atoms with Gasteiger partial charge in [0.25, 0.3) is 11.5 Å². The van der Waals surface area contributed by atoms with E-state index in [1.165, 1.54) is 15.6 Å². The molecule has 2 aromatic rings. The Morgan fingerprint density at radius 2 is 2.12 bits per heavy atom. The van der Waals surface area contributed by atoms with Gasteiger partial charge in [-0.1, -0.05) is 0 Å². The number of aromatic amines is 1. The molecule has 1 atom stereocenters. The summed E-state index contributed by atoms with van der Waals surface area (Å²) in [6, 6.07) is 1.70. The number of rotatable bonds is 1. The average molecular weight is 329 g/mol. The van der Waals surface area contributed by atoms with Crippen LogP contribution < -0.4 is 10.9 Å². The molecule has 0 radical (unpaired) electrons. The van der Waals surface area contributed by atoms with Crippen molar-refractivity contribution in [3.05, 3.63) is 33.9 Å². The van der Waals surface area contributed by atoms with E-state index in [-0.39, 0.29) is 30.3 Å². The number of aromatic nitrogens is 3. The number of likely N-dealkylation sites (tertiary alicyclic amines) is 1. The molecular weight excluding hydrogens is 314 g/mol. The van der Waals surface area contributed by atoms with Crippen molar-refractivity contribution in [1.29, 1.82) is 0 Å². The summed E-state index contributed by atoms with van der Waals surface area (Å²) < 4.78 is 1.22. The van der Waals surface area contributed by atoms with Crippen molar-refractivity contribution >= 4 is 23.4 Å². The van der Waals surface area contributed by atoms with Gasteiger partial charge in [0.2, 0.25) is 11.8 Å². The second-order valence-electron chi connectivity index (χ2n) is 6.42. The Bertz CT molecular complexity index is 958. The van der Waals surface area contributed by atoms with Crippen LogP contribution in [0.3, 0.4) is 0 Å². The van der Waals surface area contributed by atoms with E-state index in [1.807, 2.05) is 0 Å². The van der Waals surface area contributed by atoms with Gasteiger partial charge in [0.15, 0.2) is 5.65 Å². The molecule has 0 bridgehead atoms. The Morgan fingerprint density at radius 3 is 2.83 bits per heavy atom. The van der Waals surface area contributed by atoms with Crippen molar-refractivity contribution in [2.24, 2.45) is 5.41 Å². The van der Waals surface area contributed by atoms with Crippen molar-refractivity contribution in [2.75, 3.05) is 13.1 Å². The van der Waals surface area contributed by atoms with Crippen LogP contribution in [0.2, 0.25) is 0 Å². The minimum atomic E-state index is -0.858. The lowest BCUT2D eigenvalue weighted by Crippen LogP contribution is -2.38. The summed E-state index contributed by atoms with van der Waals surface area (Å²) in [6.07, 6.45) is 1.76. The molecule has 4 rings (SSSR count). The van der Waals surface area contributed by atoms with Crippen LogP contribution in [0.25, 0.3) is 5.65 Å². The van der Waals surface area contributed by atoms with Crippen LogP contribution in [0, 0.1) is 12.3 Å². The number of hydrogen-bond acceptors (Lipinski definition) is 5. The van der Waals surface area contributed by atoms with Crippen LogP contribution >= 0.6 is 0 Å². The zero-order valence-electron chi connectivity index (χ0n) is 13.0. The number of fused-ring (bicyclic) bond motifs is 1. The van der Waals surface area contributed by atoms with Crippen LogP contribution in [-0.2, 0) is 9.59 Å². The SMILES string of the molecule is Cc1cc2ncc(C(=O)N3CC[C@@]4(CC(=O)NC4=O)C3)c(=O)n2[nH]1. The molecule has 9 heteroatoms. The molecule has 0 saturated carbocycles. The fraction of sp³-hybridized carbons (Fsp3) is 0.400. The van der Waals surface area contributed by atoms with Gasteiger partial charge in [-0.2, -0.15) is 0 Å². The quantitative estimate of drug-likeness (QED) is 0.665. The van der Waals surface area contributed by atoms with Gasteiger partial charge in [0, 0.05) is 37.5 Å². The van der Waals surface area contributed by atoms with Crippen LogP contribution in [0.4, 0.5) is 0 Å². The van der Waals surface area contributed by atoms with Crippen molar-refractivity contribution in [3.63, 3.8) is 0 Å². The number of carbonyl (C=O) groups excluding carboxylic acids is 3. The summed E-state index contributed by atoms with van der Waals surface area (Å²) in [5.74, 6) is -1.13. The number of imide groups is 1. The summed E-state index contributed by atoms with van der Waals surface area (Å²) in [7, 11) is 0. The summed E-state index contributed by atoms with van der Waals surface area (Å²) in [4.78, 5) is 54.2. The lowest BCUT2D eigenvalue weighted by Gasteiger charge is -2.20. The number of carbonyl (C=O) groups is 3. The zero-order chi connectivity index (χ0) is 17.1. The van der Waals surface area contributed by atoms with Crippen molar-refractivity contribution in [1.82, 2.24) is 24.8 Å². The largest absolute Gasteiger partial charge is 0.337 e. The van der Waals surface area contributed by atoms with E-state index in [0.717, 1.165) is 5.69 Å². The van der Waals surface area contributed by atoms with Crippen molar-refractivity contribution < 1.29 is 14.4 Å². The third-order valence-electron chi connectivity index (χ3n) is 4.73. The van der Waals surface area contributed by atoms with Gasteiger partial charge in [-0.15, -0.1) is 0 Å². The maximum Gasteiger partial charge on any atom is 0.285 e. The highest BCUT2D eigenvalue weighted by Gasteiger charge is 2.52. The summed E-state index contributed by atoms with van der Waals surface area (Å²) in [6.45, 7) is 2.25. The molecule has 3 amide bonds. The maximum absolute atomic E-state index is 12.7. The Kier molecular flexibility index (Phi) is 2.90. The number of aryl methyl sites for hydroxylation is 1. The molecule has 2 aliphatic heterocycles. The molecule has 124 valence electrons. The lowest BCUT2D eigenvalue weighted by molar-refractivity contribution is -0.128. The molecule has 2 N–H and O–H groups in total. The first-order valence-corrected chi connectivity index (χ1v) is 7.61. The van der Waals surface area contributed by atoms with Crippen LogP contribution in [-0.4, -0.2) is 50.3 Å². The maximum atomic E-state index is 12.7. The number of H-pyrrole nitrogens is 1. The molecule has 24 heavy (non-hydrogen) atoms. The number of nitrogens with one attached hydrogen (secondary N) is 2. The zero-order valence-corrected chi connectivity index (χ0v) is 13.0. The van der Waals surface area contributed by atoms with E-state index >= 15 is 0 Å². The normalized spacial score (nSPS) is 23.5. The van der Waals surface area contributed by atoms with Gasteiger partial charge in [-0.05, 0) is 13.3 Å². The van der Waals surface area contributed by atoms with Crippen LogP contribution in [0.5, 0.6) is 0 Å². The number of nitrogens with zero attached hydrogens (tertiary/aromatic N) is 3. The second-order valence-corrected chi connectivity index (χ2v) is 6.42. The van der Waals surface area contributed by atoms with E-state index in [0.29, 0.717) is 18.6 Å². The number of hydrogen-bond donors (Lipinski definition) is 2. The molecule has 0 aliphatic carbocycles. The van der Waals surface area contributed by atoms with Gasteiger partial charge < -0.3 is 4.90 Å². The van der Waals surface area contributed by atoms with E-state index in [9.17, 15) is 19.2 Å². The minimum absolute atomic E-state index is 0.0591. The molecule has 4 heterocycles.